The molecule has 20 rings (SSSR count). The molecule has 0 atom stereocenters. The fourth-order valence-corrected chi connectivity index (χ4v) is 22.5. The maximum atomic E-state index is 8.40. The molecule has 129 heavy (non-hydrogen) atoms. The van der Waals surface area contributed by atoms with Crippen molar-refractivity contribution in [1.29, 1.82) is 0 Å². The predicted molar refractivity (Wildman–Crippen MR) is 552 cm³/mol. The van der Waals surface area contributed by atoms with Gasteiger partial charge in [-0.25, -0.2) is 18.3 Å². The third kappa shape index (κ3) is 14.3. The number of aromatic nitrogens is 8. The van der Waals surface area contributed by atoms with Gasteiger partial charge in [-0.2, -0.15) is 17.6 Å². The number of hydrogen-bond donors (Lipinski definition) is 0. The van der Waals surface area contributed by atoms with E-state index < -0.39 is 13.7 Å². The van der Waals surface area contributed by atoms with Crippen molar-refractivity contribution in [2.75, 3.05) is 0 Å². The second-order valence-corrected chi connectivity index (χ2v) is 39.0. The second-order valence-electron chi connectivity index (χ2n) is 39.0. The third-order valence-electron chi connectivity index (χ3n) is 27.8. The summed E-state index contributed by atoms with van der Waals surface area (Å²) < 4.78 is 69.9. The van der Waals surface area contributed by atoms with Gasteiger partial charge in [-0.1, -0.05) is 268 Å². The highest BCUT2D eigenvalue weighted by atomic mass is 15.2. The summed E-state index contributed by atoms with van der Waals surface area (Å²) >= 11 is 0. The normalized spacial score (nSPS) is 13.0. The van der Waals surface area contributed by atoms with E-state index in [0.717, 1.165) is 71.6 Å². The number of benzene rings is 12. The van der Waals surface area contributed by atoms with E-state index in [1.165, 1.54) is 167 Å². The molecule has 8 heterocycles. The van der Waals surface area contributed by atoms with E-state index in [1.54, 1.807) is 12.1 Å². The van der Waals surface area contributed by atoms with Gasteiger partial charge in [0.15, 0.2) is 22.8 Å². The molecule has 0 aliphatic carbocycles. The van der Waals surface area contributed by atoms with Gasteiger partial charge in [0.25, 0.3) is 22.6 Å². The van der Waals surface area contributed by atoms with E-state index in [4.69, 9.17) is 8.22 Å². The fraction of sp³-hybridized carbons (Fsp3) is 0.306. The second kappa shape index (κ2) is 34.5. The molecule has 0 spiro atoms. The first-order valence-electron chi connectivity index (χ1n) is 50.1. The van der Waals surface area contributed by atoms with Crippen LogP contribution in [-0.2, 0) is 0 Å². The maximum Gasteiger partial charge on any atom is 0.295 e. The first kappa shape index (κ1) is 81.0. The molecule has 0 amide bonds. The van der Waals surface area contributed by atoms with Crippen molar-refractivity contribution in [3.8, 4) is 45.0 Å². The summed E-state index contributed by atoms with van der Waals surface area (Å²) in [5.41, 5.74) is 39.4. The van der Waals surface area contributed by atoms with E-state index in [9.17, 15) is 0 Å². The number of fused-ring (bicyclic) bond motifs is 24. The van der Waals surface area contributed by atoms with Crippen molar-refractivity contribution >= 4 is 109 Å². The molecule has 8 heteroatoms. The zero-order valence-electron chi connectivity index (χ0n) is 87.2. The molecule has 654 valence electrons. The van der Waals surface area contributed by atoms with Gasteiger partial charge >= 0.3 is 0 Å². The number of para-hydroxylation sites is 1. The molecule has 0 unspecified atom stereocenters. The van der Waals surface area contributed by atoms with Gasteiger partial charge in [0.05, 0.1) is 45.7 Å². The van der Waals surface area contributed by atoms with Crippen LogP contribution in [0.25, 0.3) is 154 Å². The lowest BCUT2D eigenvalue weighted by atomic mass is 9.93. The summed E-state index contributed by atoms with van der Waals surface area (Å²) in [7, 11) is 0. The van der Waals surface area contributed by atoms with Gasteiger partial charge in [-0.15, -0.1) is 0 Å². The number of hydrogen-bond acceptors (Lipinski definition) is 0. The van der Waals surface area contributed by atoms with E-state index in [2.05, 4.69) is 429 Å². The molecule has 20 aromatic rings. The standard InChI is InChI=1S/2C31H35N2.C30H33N2.C29H31N2/c2*1-18(2)24-15-11-16-25-28-22(7)14-10-17-26(28)33-30(27-20(5)12-9-13-21(27)6)23(8)32(19(3)4)31(33)29(24)25;1-18(2)23-15-11-16-25-24-14-8-9-17-26(24)32-29(27-20(5)12-10-13-21(27)6)22(7)31(19(3)4)30(32)28(23)25;1-18(2)23-15-11-16-24-26-20(5)12-10-17-25(26)31-28(22-13-8-7-9-14-22)21(6)30(19(3)4)29(31)27(23)24/h2*9-19H,1-8H3;8-19H,1-7H3;7-19H,1-6H3/q4*+1/i7D3;;;5D3. The van der Waals surface area contributed by atoms with Crippen molar-refractivity contribution in [3.05, 3.63) is 332 Å². The van der Waals surface area contributed by atoms with Crippen LogP contribution in [0.2, 0.25) is 0 Å². The van der Waals surface area contributed by atoms with E-state index in [-0.39, 0.29) is 18.0 Å². The summed E-state index contributed by atoms with van der Waals surface area (Å²) in [6.07, 6.45) is 0. The first-order chi connectivity index (χ1) is 64.1. The lowest BCUT2D eigenvalue weighted by Crippen LogP contribution is -2.26. The highest BCUT2D eigenvalue weighted by Gasteiger charge is 2.39. The van der Waals surface area contributed by atoms with Gasteiger partial charge in [0.2, 0.25) is 0 Å². The Balaban J connectivity index is 0.000000125. The first-order valence-corrected chi connectivity index (χ1v) is 47.1. The summed E-state index contributed by atoms with van der Waals surface area (Å²) in [6.45, 7) is 56.3. The Hall–Kier alpha value is -12.5. The van der Waals surface area contributed by atoms with Crippen LogP contribution in [0.4, 0.5) is 0 Å². The Morgan fingerprint density at radius 3 is 0.760 bits per heavy atom. The average Bonchev–Trinajstić information content (AvgIpc) is 1.58. The lowest BCUT2D eigenvalue weighted by Gasteiger charge is -2.15. The minimum Gasteiger partial charge on any atom is -0.224 e. The van der Waals surface area contributed by atoms with Gasteiger partial charge in [-0.3, -0.25) is 0 Å². The molecular formula is C121H134N8+4. The number of nitrogens with zero attached hydrogens (tertiary/aromatic N) is 8. The van der Waals surface area contributed by atoms with Crippen LogP contribution in [0.3, 0.4) is 0 Å². The highest BCUT2D eigenvalue weighted by molar-refractivity contribution is 6.16. The van der Waals surface area contributed by atoms with Crippen molar-refractivity contribution in [2.24, 2.45) is 0 Å². The smallest absolute Gasteiger partial charge is 0.224 e. The zero-order valence-corrected chi connectivity index (χ0v) is 81.2. The van der Waals surface area contributed by atoms with E-state index in [1.807, 2.05) is 18.2 Å². The highest BCUT2D eigenvalue weighted by Crippen LogP contribution is 2.46. The monoisotopic (exact) mass is 1710 g/mol. The van der Waals surface area contributed by atoms with Crippen molar-refractivity contribution in [3.63, 3.8) is 0 Å². The van der Waals surface area contributed by atoms with E-state index >= 15 is 0 Å². The van der Waals surface area contributed by atoms with Gasteiger partial charge < -0.3 is 0 Å². The minimum atomic E-state index is -2.22. The largest absolute Gasteiger partial charge is 0.295 e. The van der Waals surface area contributed by atoms with E-state index in [0.29, 0.717) is 41.0 Å². The molecule has 0 fully saturated rings. The summed E-state index contributed by atoms with van der Waals surface area (Å²) in [6, 6.07) is 84.9. The van der Waals surface area contributed by atoms with Gasteiger partial charge in [0.1, 0.15) is 44.8 Å². The summed E-state index contributed by atoms with van der Waals surface area (Å²) in [5.74, 6) is 1.47. The molecule has 0 saturated carbocycles. The summed E-state index contributed by atoms with van der Waals surface area (Å²) in [4.78, 5) is 0. The molecule has 0 radical (unpaired) electrons. The SMILES string of the molecule is Cc1cccc(C)c1-c1c(C)n(C(C)C)c2c3c(C(C)C)cccc3c3c(C)cccc3[n+]12.Cc1cccc(C)c1-c1c(C)n(C(C)C)c2c3c(C(C)C)cccc3c3ccccc3[n+]12.[2H]C([2H])([2H])c1cccc2c1c1cccc(C(C)C)c1c1n(C(C)C)c(C)c(-c3c(C)cccc3C)[n+]21.[2H]C([2H])([2H])c1cccc2c1c1cccc(C(C)C)c1c1n(C(C)C)c(C)c(-c3ccccc3)[n+]21. The molecule has 0 N–H and O–H groups in total. The number of aryl methyl sites for hydroxylation is 9. The zero-order chi connectivity index (χ0) is 96.8. The molecule has 0 bridgehead atoms. The Labute approximate surface area is 773 Å². The van der Waals surface area contributed by atoms with Crippen LogP contribution in [0.5, 0.6) is 0 Å². The number of rotatable bonds is 12. The Morgan fingerprint density at radius 1 is 0.209 bits per heavy atom. The predicted octanol–water partition coefficient (Wildman–Crippen LogP) is 31.6. The lowest BCUT2D eigenvalue weighted by molar-refractivity contribution is -0.467. The topological polar surface area (TPSA) is 36.1 Å². The molecule has 8 nitrogen and oxygen atoms in total. The third-order valence-corrected chi connectivity index (χ3v) is 27.8. The van der Waals surface area contributed by atoms with Crippen molar-refractivity contribution in [2.45, 2.75) is 248 Å². The molecule has 0 aliphatic heterocycles. The Kier molecular flexibility index (Phi) is 21.7. The Bertz CT molecular complexity index is 8090. The number of imidazole rings is 4. The minimum absolute atomic E-state index is 0.227. The molecule has 12 aromatic carbocycles. The van der Waals surface area contributed by atoms with Crippen LogP contribution < -0.4 is 17.6 Å². The molecule has 8 aromatic heterocycles. The maximum absolute atomic E-state index is 8.40. The fourth-order valence-electron chi connectivity index (χ4n) is 22.5. The van der Waals surface area contributed by atoms with Crippen LogP contribution in [-0.4, -0.2) is 18.3 Å². The average molecular weight is 1710 g/mol. The van der Waals surface area contributed by atoms with Crippen LogP contribution in [0.15, 0.2) is 237 Å². The van der Waals surface area contributed by atoms with Gasteiger partial charge in [0, 0.05) is 101 Å². The quantitative estimate of drug-likeness (QED) is 0.0863. The molecule has 0 aliphatic rings. The van der Waals surface area contributed by atoms with Crippen LogP contribution >= 0.6 is 0 Å². The van der Waals surface area contributed by atoms with Gasteiger partial charge in [-0.05, 0) is 238 Å². The van der Waals surface area contributed by atoms with Crippen molar-refractivity contribution in [1.82, 2.24) is 18.3 Å². The molecule has 0 saturated heterocycles. The van der Waals surface area contributed by atoms with Crippen LogP contribution in [0.1, 0.15) is 262 Å². The van der Waals surface area contributed by atoms with Crippen LogP contribution in [0, 0.1) is 89.9 Å². The number of pyridine rings is 4. The Morgan fingerprint density at radius 2 is 0.442 bits per heavy atom. The molecular weight excluding hydrogens is 1570 g/mol. The van der Waals surface area contributed by atoms with Crippen molar-refractivity contribution < 1.29 is 25.8 Å². The summed E-state index contributed by atoms with van der Waals surface area (Å²) in [5, 5.41) is 14.1.